The standard InChI is InChI=1S/C13H10Cl2N2O2S2/c14-10-4-3-9(2-1-7-16)11(8-10)17-21(18,19)13-6-5-12(15)20-13/h3-6,8,17H,7,16H2. The van der Waals surface area contributed by atoms with E-state index in [2.05, 4.69) is 16.6 Å². The van der Waals surface area contributed by atoms with Gasteiger partial charge in [-0.15, -0.1) is 11.3 Å². The number of nitrogens with two attached hydrogens (primary N) is 1. The van der Waals surface area contributed by atoms with Gasteiger partial charge in [-0.3, -0.25) is 4.72 Å². The summed E-state index contributed by atoms with van der Waals surface area (Å²) in [5, 5.41) is 0.398. The van der Waals surface area contributed by atoms with Gasteiger partial charge in [-0.1, -0.05) is 35.0 Å². The maximum atomic E-state index is 12.3. The Morgan fingerprint density at radius 1 is 1.24 bits per heavy atom. The number of hydrogen-bond donors (Lipinski definition) is 2. The van der Waals surface area contributed by atoms with Gasteiger partial charge in [0.2, 0.25) is 0 Å². The van der Waals surface area contributed by atoms with Crippen molar-refractivity contribution in [3.8, 4) is 11.8 Å². The Morgan fingerprint density at radius 2 is 2.00 bits per heavy atom. The molecule has 1 heterocycles. The third-order valence-corrected chi connectivity index (χ3v) is 5.69. The number of benzene rings is 1. The van der Waals surface area contributed by atoms with Crippen molar-refractivity contribution >= 4 is 50.2 Å². The average molecular weight is 361 g/mol. The molecule has 4 nitrogen and oxygen atoms in total. The van der Waals surface area contributed by atoms with Crippen LogP contribution in [0.15, 0.2) is 34.5 Å². The fourth-order valence-corrected chi connectivity index (χ4v) is 4.22. The zero-order chi connectivity index (χ0) is 15.5. The molecule has 3 N–H and O–H groups in total. The zero-order valence-electron chi connectivity index (χ0n) is 10.6. The van der Waals surface area contributed by atoms with E-state index >= 15 is 0 Å². The molecule has 2 rings (SSSR count). The quantitative estimate of drug-likeness (QED) is 0.825. The van der Waals surface area contributed by atoms with Crippen LogP contribution in [0.25, 0.3) is 0 Å². The highest BCUT2D eigenvalue weighted by molar-refractivity contribution is 7.94. The smallest absolute Gasteiger partial charge is 0.271 e. The first-order chi connectivity index (χ1) is 9.92. The zero-order valence-corrected chi connectivity index (χ0v) is 13.7. The van der Waals surface area contributed by atoms with E-state index in [1.165, 1.54) is 18.2 Å². The average Bonchev–Trinajstić information content (AvgIpc) is 2.85. The topological polar surface area (TPSA) is 72.2 Å². The van der Waals surface area contributed by atoms with E-state index in [0.29, 0.717) is 20.6 Å². The minimum absolute atomic E-state index is 0.116. The van der Waals surface area contributed by atoms with Gasteiger partial charge < -0.3 is 5.73 Å². The Morgan fingerprint density at radius 3 is 2.62 bits per heavy atom. The van der Waals surface area contributed by atoms with Gasteiger partial charge in [0, 0.05) is 10.6 Å². The molecule has 110 valence electrons. The summed E-state index contributed by atoms with van der Waals surface area (Å²) in [6, 6.07) is 7.71. The first-order valence-electron chi connectivity index (χ1n) is 5.69. The van der Waals surface area contributed by atoms with E-state index in [1.807, 2.05) is 0 Å². The molecule has 0 aliphatic rings. The van der Waals surface area contributed by atoms with E-state index < -0.39 is 10.0 Å². The van der Waals surface area contributed by atoms with Crippen molar-refractivity contribution < 1.29 is 8.42 Å². The van der Waals surface area contributed by atoms with Crippen LogP contribution >= 0.6 is 34.5 Å². The molecule has 21 heavy (non-hydrogen) atoms. The molecule has 2 aromatic rings. The van der Waals surface area contributed by atoms with Gasteiger partial charge in [-0.25, -0.2) is 8.42 Å². The normalized spacial score (nSPS) is 10.8. The van der Waals surface area contributed by atoms with Gasteiger partial charge >= 0.3 is 0 Å². The van der Waals surface area contributed by atoms with Crippen molar-refractivity contribution in [2.24, 2.45) is 5.73 Å². The van der Waals surface area contributed by atoms with Crippen LogP contribution in [-0.4, -0.2) is 15.0 Å². The summed E-state index contributed by atoms with van der Waals surface area (Å²) >= 11 is 12.6. The molecule has 1 aromatic carbocycles. The second-order valence-corrected chi connectivity index (χ2v) is 7.92. The van der Waals surface area contributed by atoms with E-state index in [9.17, 15) is 8.42 Å². The van der Waals surface area contributed by atoms with Gasteiger partial charge in [-0.05, 0) is 30.3 Å². The van der Waals surface area contributed by atoms with Gasteiger partial charge in [-0.2, -0.15) is 0 Å². The van der Waals surface area contributed by atoms with Crippen LogP contribution in [0.3, 0.4) is 0 Å². The maximum Gasteiger partial charge on any atom is 0.271 e. The highest BCUT2D eigenvalue weighted by Gasteiger charge is 2.18. The molecule has 0 fully saturated rings. The lowest BCUT2D eigenvalue weighted by molar-refractivity contribution is 0.603. The van der Waals surface area contributed by atoms with E-state index in [-0.39, 0.29) is 10.8 Å². The van der Waals surface area contributed by atoms with Crippen molar-refractivity contribution in [3.05, 3.63) is 45.3 Å². The fraction of sp³-hybridized carbons (Fsp3) is 0.0769. The predicted octanol–water partition coefficient (Wildman–Crippen LogP) is 3.17. The van der Waals surface area contributed by atoms with Crippen LogP contribution in [-0.2, 0) is 10.0 Å². The number of rotatable bonds is 3. The highest BCUT2D eigenvalue weighted by atomic mass is 35.5. The van der Waals surface area contributed by atoms with Crippen molar-refractivity contribution in [1.82, 2.24) is 0 Å². The van der Waals surface area contributed by atoms with Crippen LogP contribution in [0.1, 0.15) is 5.56 Å². The Balaban J connectivity index is 2.41. The largest absolute Gasteiger partial charge is 0.320 e. The summed E-state index contributed by atoms with van der Waals surface area (Å²) in [4.78, 5) is 0. The van der Waals surface area contributed by atoms with E-state index in [4.69, 9.17) is 28.9 Å². The van der Waals surface area contributed by atoms with Crippen molar-refractivity contribution in [2.75, 3.05) is 11.3 Å². The molecule has 8 heteroatoms. The number of thiophene rings is 1. The Bertz CT molecular complexity index is 820. The first-order valence-corrected chi connectivity index (χ1v) is 8.74. The van der Waals surface area contributed by atoms with Crippen LogP contribution in [0, 0.1) is 11.8 Å². The van der Waals surface area contributed by atoms with E-state index in [0.717, 1.165) is 11.3 Å². The Labute approximate surface area is 136 Å². The van der Waals surface area contributed by atoms with Crippen LogP contribution < -0.4 is 10.5 Å². The number of halogens is 2. The summed E-state index contributed by atoms with van der Waals surface area (Å²) < 4.78 is 27.5. The molecule has 0 aliphatic carbocycles. The monoisotopic (exact) mass is 360 g/mol. The Hall–Kier alpha value is -1.23. The fourth-order valence-electron chi connectivity index (χ4n) is 1.49. The number of hydrogen-bond acceptors (Lipinski definition) is 4. The molecular formula is C13H10Cl2N2O2S2. The molecule has 0 aliphatic heterocycles. The van der Waals surface area contributed by atoms with Gasteiger partial charge in [0.05, 0.1) is 16.6 Å². The molecule has 0 unspecified atom stereocenters. The number of nitrogens with one attached hydrogen (secondary N) is 1. The van der Waals surface area contributed by atoms with Crippen LogP contribution in [0.4, 0.5) is 5.69 Å². The van der Waals surface area contributed by atoms with Crippen molar-refractivity contribution in [1.29, 1.82) is 0 Å². The molecule has 0 saturated heterocycles. The van der Waals surface area contributed by atoms with Crippen molar-refractivity contribution in [2.45, 2.75) is 4.21 Å². The lowest BCUT2D eigenvalue weighted by Crippen LogP contribution is -2.12. The van der Waals surface area contributed by atoms with Crippen molar-refractivity contribution in [3.63, 3.8) is 0 Å². The number of sulfonamides is 1. The molecule has 0 bridgehead atoms. The summed E-state index contributed by atoms with van der Waals surface area (Å²) in [5.41, 5.74) is 6.12. The molecule has 0 radical (unpaired) electrons. The Kier molecular flexibility index (Phi) is 5.14. The summed E-state index contributed by atoms with van der Waals surface area (Å²) in [6.07, 6.45) is 0. The minimum Gasteiger partial charge on any atom is -0.320 e. The third-order valence-electron chi connectivity index (χ3n) is 2.36. The second-order valence-electron chi connectivity index (χ2n) is 3.86. The molecule has 0 amide bonds. The van der Waals surface area contributed by atoms with E-state index in [1.54, 1.807) is 12.1 Å². The van der Waals surface area contributed by atoms with Crippen LogP contribution in [0.2, 0.25) is 9.36 Å². The molecular weight excluding hydrogens is 351 g/mol. The summed E-state index contributed by atoms with van der Waals surface area (Å²) in [6.45, 7) is 0.176. The molecule has 0 spiro atoms. The minimum atomic E-state index is -3.73. The summed E-state index contributed by atoms with van der Waals surface area (Å²) in [7, 11) is -3.73. The van der Waals surface area contributed by atoms with Gasteiger partial charge in [0.15, 0.2) is 0 Å². The number of anilines is 1. The molecule has 0 saturated carbocycles. The lowest BCUT2D eigenvalue weighted by atomic mass is 10.2. The van der Waals surface area contributed by atoms with Gasteiger partial charge in [0.1, 0.15) is 4.21 Å². The highest BCUT2D eigenvalue weighted by Crippen LogP contribution is 2.29. The van der Waals surface area contributed by atoms with Gasteiger partial charge in [0.25, 0.3) is 10.0 Å². The summed E-state index contributed by atoms with van der Waals surface area (Å²) in [5.74, 6) is 5.47. The molecule has 1 aromatic heterocycles. The lowest BCUT2D eigenvalue weighted by Gasteiger charge is -2.09. The maximum absolute atomic E-state index is 12.3. The molecule has 0 atom stereocenters. The SMILES string of the molecule is NCC#Cc1ccc(Cl)cc1NS(=O)(=O)c1ccc(Cl)s1. The van der Waals surface area contributed by atoms with Crippen LogP contribution in [0.5, 0.6) is 0 Å². The second kappa shape index (κ2) is 6.69. The third kappa shape index (κ3) is 4.13. The first kappa shape index (κ1) is 16.1. The predicted molar refractivity (Wildman–Crippen MR) is 87.5 cm³/mol.